The molecule has 2 aliphatic rings. The molecule has 1 saturated heterocycles. The number of hydrogen-bond acceptors (Lipinski definition) is 5. The third-order valence-electron chi connectivity index (χ3n) is 5.00. The van der Waals surface area contributed by atoms with Crippen molar-refractivity contribution < 1.29 is 19.1 Å². The SMILES string of the molecule is CC(=O)Nc1sc2c(c1C(=O)OCC(=O)N1CCCC(C)C1)CCCC2. The van der Waals surface area contributed by atoms with Crippen LogP contribution in [0.15, 0.2) is 0 Å². The maximum atomic E-state index is 12.7. The number of carbonyl (C=O) groups is 3. The van der Waals surface area contributed by atoms with Crippen LogP contribution >= 0.6 is 11.3 Å². The third kappa shape index (κ3) is 4.26. The lowest BCUT2D eigenvalue weighted by Crippen LogP contribution is -2.41. The molecule has 6 nitrogen and oxygen atoms in total. The molecule has 1 aliphatic carbocycles. The molecular formula is C19H26N2O4S. The third-order valence-corrected chi connectivity index (χ3v) is 6.21. The van der Waals surface area contributed by atoms with Crippen LogP contribution in [-0.4, -0.2) is 42.4 Å². The van der Waals surface area contributed by atoms with Crippen molar-refractivity contribution in [2.45, 2.75) is 52.4 Å². The molecular weight excluding hydrogens is 352 g/mol. The average molecular weight is 378 g/mol. The number of carbonyl (C=O) groups excluding carboxylic acids is 3. The van der Waals surface area contributed by atoms with E-state index in [-0.39, 0.29) is 18.4 Å². The Kier molecular flexibility index (Phi) is 5.96. The number of esters is 1. The van der Waals surface area contributed by atoms with Crippen LogP contribution in [0.25, 0.3) is 0 Å². The smallest absolute Gasteiger partial charge is 0.341 e. The van der Waals surface area contributed by atoms with Gasteiger partial charge in [-0.25, -0.2) is 4.79 Å². The molecule has 1 fully saturated rings. The molecule has 7 heteroatoms. The van der Waals surface area contributed by atoms with E-state index in [0.717, 1.165) is 62.1 Å². The van der Waals surface area contributed by atoms with Crippen molar-refractivity contribution >= 4 is 34.1 Å². The lowest BCUT2D eigenvalue weighted by atomic mass is 9.95. The minimum Gasteiger partial charge on any atom is -0.452 e. The van der Waals surface area contributed by atoms with Crippen LogP contribution in [0.2, 0.25) is 0 Å². The summed E-state index contributed by atoms with van der Waals surface area (Å²) in [7, 11) is 0. The summed E-state index contributed by atoms with van der Waals surface area (Å²) in [6, 6.07) is 0. The van der Waals surface area contributed by atoms with E-state index in [0.29, 0.717) is 16.5 Å². The second kappa shape index (κ2) is 8.20. The van der Waals surface area contributed by atoms with Gasteiger partial charge in [0.05, 0.1) is 5.56 Å². The summed E-state index contributed by atoms with van der Waals surface area (Å²) < 4.78 is 5.35. The van der Waals surface area contributed by atoms with Crippen molar-refractivity contribution in [3.63, 3.8) is 0 Å². The number of aryl methyl sites for hydroxylation is 1. The molecule has 1 unspecified atom stereocenters. The fourth-order valence-corrected chi connectivity index (χ4v) is 5.06. The second-order valence-electron chi connectivity index (χ2n) is 7.26. The topological polar surface area (TPSA) is 75.7 Å². The summed E-state index contributed by atoms with van der Waals surface area (Å²) in [6.07, 6.45) is 5.97. The maximum Gasteiger partial charge on any atom is 0.341 e. The van der Waals surface area contributed by atoms with Crippen molar-refractivity contribution in [2.24, 2.45) is 5.92 Å². The first-order valence-corrected chi connectivity index (χ1v) is 10.1. The van der Waals surface area contributed by atoms with Crippen LogP contribution in [-0.2, 0) is 27.2 Å². The molecule has 142 valence electrons. The van der Waals surface area contributed by atoms with E-state index in [1.165, 1.54) is 18.3 Å². The fourth-order valence-electron chi connectivity index (χ4n) is 3.74. The molecule has 3 rings (SSSR count). The zero-order valence-electron chi connectivity index (χ0n) is 15.4. The summed E-state index contributed by atoms with van der Waals surface area (Å²) in [5, 5.41) is 3.30. The van der Waals surface area contributed by atoms with Gasteiger partial charge >= 0.3 is 5.97 Å². The van der Waals surface area contributed by atoms with Gasteiger partial charge in [-0.15, -0.1) is 11.3 Å². The predicted octanol–water partition coefficient (Wildman–Crippen LogP) is 3.00. The standard InChI is InChI=1S/C19H26N2O4S/c1-12-6-5-9-21(10-12)16(23)11-25-19(24)17-14-7-3-4-8-15(14)26-18(17)20-13(2)22/h12H,3-11H2,1-2H3,(H,20,22). The number of anilines is 1. The largest absolute Gasteiger partial charge is 0.452 e. The Morgan fingerprint density at radius 2 is 2.00 bits per heavy atom. The first kappa shape index (κ1) is 18.9. The van der Waals surface area contributed by atoms with Crippen molar-refractivity contribution in [2.75, 3.05) is 25.0 Å². The Bertz CT molecular complexity index is 713. The zero-order valence-corrected chi connectivity index (χ0v) is 16.2. The van der Waals surface area contributed by atoms with Gasteiger partial charge in [0.25, 0.3) is 5.91 Å². The second-order valence-corrected chi connectivity index (χ2v) is 8.36. The Hall–Kier alpha value is -1.89. The van der Waals surface area contributed by atoms with E-state index < -0.39 is 5.97 Å². The van der Waals surface area contributed by atoms with Crippen LogP contribution in [0, 0.1) is 5.92 Å². The van der Waals surface area contributed by atoms with E-state index in [9.17, 15) is 14.4 Å². The van der Waals surface area contributed by atoms with Gasteiger partial charge in [-0.3, -0.25) is 9.59 Å². The molecule has 2 amide bonds. The highest BCUT2D eigenvalue weighted by molar-refractivity contribution is 7.17. The van der Waals surface area contributed by atoms with Crippen LogP contribution in [0.4, 0.5) is 5.00 Å². The first-order valence-electron chi connectivity index (χ1n) is 9.32. The van der Waals surface area contributed by atoms with Crippen LogP contribution < -0.4 is 5.32 Å². The molecule has 1 aromatic rings. The number of ether oxygens (including phenoxy) is 1. The van der Waals surface area contributed by atoms with E-state index in [1.54, 1.807) is 4.90 Å². The van der Waals surface area contributed by atoms with Crippen molar-refractivity contribution in [1.82, 2.24) is 4.90 Å². The summed E-state index contributed by atoms with van der Waals surface area (Å²) in [4.78, 5) is 39.5. The maximum absolute atomic E-state index is 12.7. The van der Waals surface area contributed by atoms with Gasteiger partial charge in [-0.05, 0) is 50.0 Å². The van der Waals surface area contributed by atoms with Gasteiger partial charge in [0.1, 0.15) is 5.00 Å². The molecule has 0 saturated carbocycles. The Balaban J connectivity index is 1.69. The monoisotopic (exact) mass is 378 g/mol. The highest BCUT2D eigenvalue weighted by atomic mass is 32.1. The average Bonchev–Trinajstić information content (AvgIpc) is 2.96. The summed E-state index contributed by atoms with van der Waals surface area (Å²) >= 11 is 1.45. The number of piperidine rings is 1. The highest BCUT2D eigenvalue weighted by Crippen LogP contribution is 2.38. The summed E-state index contributed by atoms with van der Waals surface area (Å²) in [5.74, 6) is -0.378. The van der Waals surface area contributed by atoms with Gasteiger partial charge in [0.2, 0.25) is 5.91 Å². The number of nitrogens with one attached hydrogen (secondary N) is 1. The van der Waals surface area contributed by atoms with Crippen molar-refractivity contribution in [3.05, 3.63) is 16.0 Å². The van der Waals surface area contributed by atoms with Crippen LogP contribution in [0.1, 0.15) is 60.3 Å². The molecule has 1 N–H and O–H groups in total. The molecule has 26 heavy (non-hydrogen) atoms. The number of hydrogen-bond donors (Lipinski definition) is 1. The van der Waals surface area contributed by atoms with E-state index in [2.05, 4.69) is 12.2 Å². The number of fused-ring (bicyclic) bond motifs is 1. The van der Waals surface area contributed by atoms with Gasteiger partial charge in [0.15, 0.2) is 6.61 Å². The normalized spacial score (nSPS) is 19.6. The fraction of sp³-hybridized carbons (Fsp3) is 0.632. The first-order chi connectivity index (χ1) is 12.5. The molecule has 0 radical (unpaired) electrons. The van der Waals surface area contributed by atoms with E-state index >= 15 is 0 Å². The minimum atomic E-state index is -0.508. The van der Waals surface area contributed by atoms with Crippen LogP contribution in [0.5, 0.6) is 0 Å². The zero-order chi connectivity index (χ0) is 18.7. The number of thiophene rings is 1. The minimum absolute atomic E-state index is 0.143. The van der Waals surface area contributed by atoms with Crippen molar-refractivity contribution in [1.29, 1.82) is 0 Å². The quantitative estimate of drug-likeness (QED) is 0.817. The Morgan fingerprint density at radius 1 is 1.23 bits per heavy atom. The van der Waals surface area contributed by atoms with Crippen molar-refractivity contribution in [3.8, 4) is 0 Å². The molecule has 0 bridgehead atoms. The molecule has 0 spiro atoms. The number of likely N-dealkylation sites (tertiary alicyclic amines) is 1. The Labute approximate surface area is 157 Å². The lowest BCUT2D eigenvalue weighted by Gasteiger charge is -2.30. The number of rotatable bonds is 4. The molecule has 1 aliphatic heterocycles. The van der Waals surface area contributed by atoms with Gasteiger partial charge in [-0.1, -0.05) is 6.92 Å². The van der Waals surface area contributed by atoms with Gasteiger partial charge in [-0.2, -0.15) is 0 Å². The summed E-state index contributed by atoms with van der Waals surface area (Å²) in [6.45, 7) is 4.76. The number of amides is 2. The summed E-state index contributed by atoms with van der Waals surface area (Å²) in [5.41, 5.74) is 1.42. The van der Waals surface area contributed by atoms with E-state index in [1.807, 2.05) is 0 Å². The predicted molar refractivity (Wildman–Crippen MR) is 101 cm³/mol. The Morgan fingerprint density at radius 3 is 2.73 bits per heavy atom. The van der Waals surface area contributed by atoms with E-state index in [4.69, 9.17) is 4.74 Å². The lowest BCUT2D eigenvalue weighted by molar-refractivity contribution is -0.136. The van der Waals surface area contributed by atoms with Gasteiger partial charge in [0, 0.05) is 24.9 Å². The molecule has 1 aromatic heterocycles. The molecule has 2 heterocycles. The van der Waals surface area contributed by atoms with Crippen LogP contribution in [0.3, 0.4) is 0 Å². The van der Waals surface area contributed by atoms with Gasteiger partial charge < -0.3 is 15.0 Å². The number of nitrogens with zero attached hydrogens (tertiary/aromatic N) is 1. The highest BCUT2D eigenvalue weighted by Gasteiger charge is 2.28. The molecule has 0 aromatic carbocycles. The molecule has 1 atom stereocenters.